The van der Waals surface area contributed by atoms with Crippen LogP contribution in [-0.4, -0.2) is 19.5 Å². The summed E-state index contributed by atoms with van der Waals surface area (Å²) < 4.78 is 0. The van der Waals surface area contributed by atoms with Gasteiger partial charge in [0.25, 0.3) is 5.91 Å². The van der Waals surface area contributed by atoms with Crippen molar-refractivity contribution in [2.45, 2.75) is 45.4 Å². The summed E-state index contributed by atoms with van der Waals surface area (Å²) in [6.07, 6.45) is 7.32. The number of nitrogens with one attached hydrogen (secondary N) is 2. The highest BCUT2D eigenvalue weighted by Gasteiger charge is 2.10. The second kappa shape index (κ2) is 9.65. The molecule has 0 fully saturated rings. The predicted molar refractivity (Wildman–Crippen MR) is 86.7 cm³/mol. The summed E-state index contributed by atoms with van der Waals surface area (Å²) in [5, 5.41) is 6.54. The minimum Gasteiger partial charge on any atom is -0.387 e. The van der Waals surface area contributed by atoms with Gasteiger partial charge in [-0.05, 0) is 24.6 Å². The molecule has 0 unspecified atom stereocenters. The van der Waals surface area contributed by atoms with Crippen LogP contribution >= 0.6 is 11.6 Å². The van der Waals surface area contributed by atoms with Gasteiger partial charge in [-0.2, -0.15) is 0 Å². The van der Waals surface area contributed by atoms with E-state index in [1.807, 2.05) is 6.07 Å². The third kappa shape index (κ3) is 5.83. The van der Waals surface area contributed by atoms with Crippen molar-refractivity contribution in [2.75, 3.05) is 18.9 Å². The van der Waals surface area contributed by atoms with E-state index < -0.39 is 0 Å². The van der Waals surface area contributed by atoms with E-state index in [9.17, 15) is 4.79 Å². The highest BCUT2D eigenvalue weighted by Crippen LogP contribution is 2.20. The van der Waals surface area contributed by atoms with E-state index in [1.165, 1.54) is 32.1 Å². The summed E-state index contributed by atoms with van der Waals surface area (Å²) in [5.41, 5.74) is 1.40. The van der Waals surface area contributed by atoms with Crippen molar-refractivity contribution in [3.05, 3.63) is 28.8 Å². The zero-order chi connectivity index (χ0) is 14.8. The fourth-order valence-corrected chi connectivity index (χ4v) is 2.30. The lowest BCUT2D eigenvalue weighted by Gasteiger charge is -2.10. The first-order chi connectivity index (χ1) is 9.69. The summed E-state index contributed by atoms with van der Waals surface area (Å²) >= 11 is 5.94. The van der Waals surface area contributed by atoms with Crippen LogP contribution < -0.4 is 10.6 Å². The molecule has 0 radical (unpaired) electrons. The number of hydrogen-bond acceptors (Lipinski definition) is 2. The Balaban J connectivity index is 2.34. The molecule has 0 spiro atoms. The molecule has 1 aromatic carbocycles. The number of rotatable bonds is 9. The van der Waals surface area contributed by atoms with E-state index in [1.54, 1.807) is 19.2 Å². The molecule has 0 aromatic heterocycles. The zero-order valence-electron chi connectivity index (χ0n) is 12.5. The Morgan fingerprint density at radius 1 is 1.15 bits per heavy atom. The topological polar surface area (TPSA) is 41.1 Å². The molecule has 3 nitrogen and oxygen atoms in total. The van der Waals surface area contributed by atoms with Crippen LogP contribution in [0.4, 0.5) is 5.69 Å². The predicted octanol–water partition coefficient (Wildman–Crippen LogP) is 4.47. The van der Waals surface area contributed by atoms with E-state index >= 15 is 0 Å². The highest BCUT2D eigenvalue weighted by molar-refractivity contribution is 6.31. The summed E-state index contributed by atoms with van der Waals surface area (Å²) in [7, 11) is 1.80. The minimum atomic E-state index is -0.0644. The number of hydrogen-bond donors (Lipinski definition) is 2. The Hall–Kier alpha value is -1.22. The van der Waals surface area contributed by atoms with Gasteiger partial charge >= 0.3 is 0 Å². The first kappa shape index (κ1) is 16.8. The molecule has 20 heavy (non-hydrogen) atoms. The average Bonchev–Trinajstić information content (AvgIpc) is 2.46. The quantitative estimate of drug-likeness (QED) is 0.660. The fourth-order valence-electron chi connectivity index (χ4n) is 2.12. The summed E-state index contributed by atoms with van der Waals surface area (Å²) in [4.78, 5) is 12.1. The second-order valence-corrected chi connectivity index (χ2v) is 5.40. The summed E-state index contributed by atoms with van der Waals surface area (Å²) in [5.74, 6) is -0.0644. The van der Waals surface area contributed by atoms with E-state index in [-0.39, 0.29) is 5.91 Å². The lowest BCUT2D eigenvalue weighted by Crippen LogP contribution is -2.25. The first-order valence-electron chi connectivity index (χ1n) is 7.44. The molecule has 0 aliphatic heterocycles. The Labute approximate surface area is 127 Å². The van der Waals surface area contributed by atoms with Crippen LogP contribution in [0.2, 0.25) is 5.02 Å². The smallest absolute Gasteiger partial charge is 0.253 e. The van der Waals surface area contributed by atoms with Gasteiger partial charge in [0.15, 0.2) is 0 Å². The molecule has 4 heteroatoms. The largest absolute Gasteiger partial charge is 0.387 e. The van der Waals surface area contributed by atoms with Crippen molar-refractivity contribution in [1.82, 2.24) is 5.32 Å². The average molecular weight is 297 g/mol. The van der Waals surface area contributed by atoms with Crippen molar-refractivity contribution >= 4 is 23.2 Å². The zero-order valence-corrected chi connectivity index (χ0v) is 13.2. The normalized spacial score (nSPS) is 10.3. The summed E-state index contributed by atoms with van der Waals surface area (Å²) in [6, 6.07) is 5.30. The van der Waals surface area contributed by atoms with E-state index in [4.69, 9.17) is 11.6 Å². The molecule has 112 valence electrons. The lowest BCUT2D eigenvalue weighted by atomic mass is 10.1. The highest BCUT2D eigenvalue weighted by atomic mass is 35.5. The molecule has 0 saturated heterocycles. The molecule has 1 rings (SSSR count). The van der Waals surface area contributed by atoms with Crippen LogP contribution in [-0.2, 0) is 0 Å². The van der Waals surface area contributed by atoms with Crippen LogP contribution in [0, 0.1) is 0 Å². The molecule has 0 aliphatic rings. The Bertz CT molecular complexity index is 421. The number of carbonyl (C=O) groups is 1. The number of anilines is 1. The van der Waals surface area contributed by atoms with Gasteiger partial charge < -0.3 is 10.6 Å². The number of amides is 1. The van der Waals surface area contributed by atoms with Gasteiger partial charge in [0.2, 0.25) is 0 Å². The van der Waals surface area contributed by atoms with Crippen LogP contribution in [0.3, 0.4) is 0 Å². The van der Waals surface area contributed by atoms with E-state index in [2.05, 4.69) is 17.6 Å². The van der Waals surface area contributed by atoms with Crippen LogP contribution in [0.1, 0.15) is 55.8 Å². The van der Waals surface area contributed by atoms with Crippen molar-refractivity contribution in [2.24, 2.45) is 0 Å². The van der Waals surface area contributed by atoms with Gasteiger partial charge in [-0.1, -0.05) is 50.6 Å². The number of halogens is 1. The molecule has 0 bridgehead atoms. The van der Waals surface area contributed by atoms with E-state index in [0.717, 1.165) is 18.7 Å². The van der Waals surface area contributed by atoms with Gasteiger partial charge in [0.05, 0.1) is 5.56 Å². The third-order valence-electron chi connectivity index (χ3n) is 3.31. The van der Waals surface area contributed by atoms with Crippen molar-refractivity contribution < 1.29 is 4.79 Å². The van der Waals surface area contributed by atoms with Gasteiger partial charge in [0, 0.05) is 24.3 Å². The van der Waals surface area contributed by atoms with E-state index in [0.29, 0.717) is 10.6 Å². The second-order valence-electron chi connectivity index (χ2n) is 4.96. The van der Waals surface area contributed by atoms with Crippen molar-refractivity contribution in [1.29, 1.82) is 0 Å². The van der Waals surface area contributed by atoms with Crippen molar-refractivity contribution in [3.8, 4) is 0 Å². The van der Waals surface area contributed by atoms with Crippen LogP contribution in [0.5, 0.6) is 0 Å². The molecule has 1 aromatic rings. The number of benzene rings is 1. The van der Waals surface area contributed by atoms with Crippen LogP contribution in [0.15, 0.2) is 18.2 Å². The summed E-state index contributed by atoms with van der Waals surface area (Å²) in [6.45, 7) is 2.94. The molecule has 0 atom stereocenters. The maximum absolute atomic E-state index is 12.1. The first-order valence-corrected chi connectivity index (χ1v) is 7.82. The monoisotopic (exact) mass is 296 g/mol. The SMILES string of the molecule is CCCCCCCCNC(=O)c1cc(Cl)ccc1NC. The fraction of sp³-hybridized carbons (Fsp3) is 0.562. The molecule has 0 aliphatic carbocycles. The van der Waals surface area contributed by atoms with Gasteiger partial charge in [-0.25, -0.2) is 0 Å². The minimum absolute atomic E-state index is 0.0644. The molecule has 2 N–H and O–H groups in total. The third-order valence-corrected chi connectivity index (χ3v) is 3.55. The lowest BCUT2D eigenvalue weighted by molar-refractivity contribution is 0.0953. The number of carbonyl (C=O) groups excluding carboxylic acids is 1. The van der Waals surface area contributed by atoms with Gasteiger partial charge in [-0.15, -0.1) is 0 Å². The standard InChI is InChI=1S/C16H25ClN2O/c1-3-4-5-6-7-8-11-19-16(20)14-12-13(17)9-10-15(14)18-2/h9-10,12,18H,3-8,11H2,1-2H3,(H,19,20). The maximum atomic E-state index is 12.1. The molecule has 0 heterocycles. The maximum Gasteiger partial charge on any atom is 0.253 e. The molecule has 1 amide bonds. The molecule has 0 saturated carbocycles. The molecular formula is C16H25ClN2O. The van der Waals surface area contributed by atoms with Gasteiger partial charge in [-0.3, -0.25) is 4.79 Å². The number of unbranched alkanes of at least 4 members (excludes halogenated alkanes) is 5. The van der Waals surface area contributed by atoms with Crippen LogP contribution in [0.25, 0.3) is 0 Å². The van der Waals surface area contributed by atoms with Crippen molar-refractivity contribution in [3.63, 3.8) is 0 Å². The Morgan fingerprint density at radius 3 is 2.55 bits per heavy atom. The molecular weight excluding hydrogens is 272 g/mol. The Morgan fingerprint density at radius 2 is 1.85 bits per heavy atom. The Kier molecular flexibility index (Phi) is 8.12. The van der Waals surface area contributed by atoms with Gasteiger partial charge in [0.1, 0.15) is 0 Å².